The van der Waals surface area contributed by atoms with E-state index in [-0.39, 0.29) is 6.04 Å². The Morgan fingerprint density at radius 2 is 1.89 bits per heavy atom. The van der Waals surface area contributed by atoms with Gasteiger partial charge in [0.1, 0.15) is 5.66 Å². The van der Waals surface area contributed by atoms with Crippen LogP contribution in [0.5, 0.6) is 0 Å². The molecule has 2 unspecified atom stereocenters. The van der Waals surface area contributed by atoms with Crippen molar-refractivity contribution in [3.05, 3.63) is 65.9 Å². The van der Waals surface area contributed by atoms with E-state index in [1.54, 1.807) is 0 Å². The minimum atomic E-state index is -0.660. The van der Waals surface area contributed by atoms with Crippen molar-refractivity contribution >= 4 is 22.5 Å². The predicted octanol–water partition coefficient (Wildman–Crippen LogP) is 4.08. The molecule has 0 aliphatic carbocycles. The molecule has 5 nitrogen and oxygen atoms in total. The lowest BCUT2D eigenvalue weighted by Crippen LogP contribution is -2.58. The molecule has 0 fully saturated rings. The standard InChI is InChI=1S/C22H27N5/c1-3-15(2)25-21-26-20-11-7-5-9-18(20)22(23,27-21)13-12-16-14-24-19-10-6-4-8-17(16)19/h4-11,14-15,24H,3,12-13,23H2,1-2H3,(H2,25,26,27). The first-order valence-corrected chi connectivity index (χ1v) is 9.65. The van der Waals surface area contributed by atoms with E-state index < -0.39 is 5.66 Å². The molecular weight excluding hydrogens is 334 g/mol. The highest BCUT2D eigenvalue weighted by molar-refractivity contribution is 5.97. The smallest absolute Gasteiger partial charge is 0.197 e. The van der Waals surface area contributed by atoms with E-state index in [2.05, 4.69) is 72.1 Å². The van der Waals surface area contributed by atoms with E-state index in [0.717, 1.165) is 42.0 Å². The fourth-order valence-corrected chi connectivity index (χ4v) is 3.66. The lowest BCUT2D eigenvalue weighted by Gasteiger charge is -2.39. The van der Waals surface area contributed by atoms with E-state index in [1.807, 2.05) is 12.1 Å². The van der Waals surface area contributed by atoms with Gasteiger partial charge in [0.25, 0.3) is 0 Å². The minimum Gasteiger partial charge on any atom is -0.361 e. The topological polar surface area (TPSA) is 78.2 Å². The fourth-order valence-electron chi connectivity index (χ4n) is 3.66. The van der Waals surface area contributed by atoms with Crippen LogP contribution in [0.15, 0.2) is 59.7 Å². The molecule has 0 spiro atoms. The molecule has 2 aromatic carbocycles. The van der Waals surface area contributed by atoms with Gasteiger partial charge in [-0.05, 0) is 43.9 Å². The van der Waals surface area contributed by atoms with Gasteiger partial charge in [-0.3, -0.25) is 0 Å². The van der Waals surface area contributed by atoms with Crippen LogP contribution in [-0.2, 0) is 12.1 Å². The van der Waals surface area contributed by atoms with E-state index >= 15 is 0 Å². The summed E-state index contributed by atoms with van der Waals surface area (Å²) in [6.45, 7) is 4.25. The van der Waals surface area contributed by atoms with Crippen molar-refractivity contribution in [3.63, 3.8) is 0 Å². The summed E-state index contributed by atoms with van der Waals surface area (Å²) in [5, 5.41) is 8.12. The van der Waals surface area contributed by atoms with Gasteiger partial charge in [-0.25, -0.2) is 4.99 Å². The van der Waals surface area contributed by atoms with Crippen LogP contribution in [0.25, 0.3) is 10.9 Å². The number of aromatic amines is 1. The van der Waals surface area contributed by atoms with Crippen LogP contribution in [0, 0.1) is 0 Å². The Labute approximate surface area is 160 Å². The summed E-state index contributed by atoms with van der Waals surface area (Å²) in [5.41, 5.74) is 10.8. The summed E-state index contributed by atoms with van der Waals surface area (Å²) in [6.07, 6.45) is 4.72. The first kappa shape index (κ1) is 17.6. The highest BCUT2D eigenvalue weighted by Crippen LogP contribution is 2.32. The molecule has 27 heavy (non-hydrogen) atoms. The van der Waals surface area contributed by atoms with Crippen molar-refractivity contribution in [2.45, 2.75) is 44.8 Å². The van der Waals surface area contributed by atoms with E-state index in [1.165, 1.54) is 10.9 Å². The lowest BCUT2D eigenvalue weighted by atomic mass is 9.90. The van der Waals surface area contributed by atoms with Crippen molar-refractivity contribution in [3.8, 4) is 0 Å². The number of guanidine groups is 1. The van der Waals surface area contributed by atoms with Gasteiger partial charge < -0.3 is 21.4 Å². The quantitative estimate of drug-likeness (QED) is 0.553. The average Bonchev–Trinajstić information content (AvgIpc) is 3.10. The summed E-state index contributed by atoms with van der Waals surface area (Å²) < 4.78 is 0. The predicted molar refractivity (Wildman–Crippen MR) is 113 cm³/mol. The van der Waals surface area contributed by atoms with Gasteiger partial charge in [-0.15, -0.1) is 0 Å². The number of aromatic nitrogens is 1. The molecule has 0 saturated carbocycles. The maximum absolute atomic E-state index is 6.90. The third-order valence-corrected chi connectivity index (χ3v) is 5.41. The zero-order valence-corrected chi connectivity index (χ0v) is 15.9. The van der Waals surface area contributed by atoms with Crippen LogP contribution >= 0.6 is 0 Å². The van der Waals surface area contributed by atoms with Gasteiger partial charge in [0.15, 0.2) is 5.96 Å². The van der Waals surface area contributed by atoms with Crippen LogP contribution in [-0.4, -0.2) is 17.0 Å². The molecule has 1 aliphatic heterocycles. The summed E-state index contributed by atoms with van der Waals surface area (Å²) in [7, 11) is 0. The molecule has 2 atom stereocenters. The molecule has 1 aliphatic rings. The van der Waals surface area contributed by atoms with E-state index in [9.17, 15) is 0 Å². The second-order valence-corrected chi connectivity index (χ2v) is 7.36. The molecule has 4 rings (SSSR count). The summed E-state index contributed by atoms with van der Waals surface area (Å²) in [5.74, 6) is 0.754. The molecule has 0 radical (unpaired) electrons. The molecule has 5 heteroatoms. The molecule has 0 amide bonds. The van der Waals surface area contributed by atoms with Crippen molar-refractivity contribution in [1.29, 1.82) is 0 Å². The minimum absolute atomic E-state index is 0.239. The molecule has 140 valence electrons. The Morgan fingerprint density at radius 1 is 1.11 bits per heavy atom. The second kappa shape index (κ2) is 7.08. The monoisotopic (exact) mass is 361 g/mol. The Bertz CT molecular complexity index is 974. The number of H-pyrrole nitrogens is 1. The Balaban J connectivity index is 1.64. The third kappa shape index (κ3) is 3.43. The normalized spacial score (nSPS) is 21.5. The number of rotatable bonds is 5. The number of nitrogens with two attached hydrogens (primary N) is 1. The SMILES string of the molecule is CCC(C)N=C1Nc2ccccc2C(N)(CCc2c[nH]c3ccccc23)N1. The van der Waals surface area contributed by atoms with Gasteiger partial charge in [0, 0.05) is 28.4 Å². The molecular formula is C22H27N5. The van der Waals surface area contributed by atoms with E-state index in [0.29, 0.717) is 0 Å². The number of hydrogen-bond acceptors (Lipinski definition) is 2. The number of para-hydroxylation sites is 2. The number of anilines is 1. The van der Waals surface area contributed by atoms with Crippen LogP contribution in [0.1, 0.15) is 37.8 Å². The molecule has 0 bridgehead atoms. The van der Waals surface area contributed by atoms with Crippen molar-refractivity contribution < 1.29 is 0 Å². The van der Waals surface area contributed by atoms with Gasteiger partial charge in [-0.1, -0.05) is 43.3 Å². The number of benzene rings is 2. The maximum Gasteiger partial charge on any atom is 0.197 e. The largest absolute Gasteiger partial charge is 0.361 e. The molecule has 2 heterocycles. The number of hydrogen-bond donors (Lipinski definition) is 4. The van der Waals surface area contributed by atoms with Gasteiger partial charge in [0.05, 0.1) is 6.04 Å². The zero-order valence-electron chi connectivity index (χ0n) is 15.9. The van der Waals surface area contributed by atoms with Gasteiger partial charge >= 0.3 is 0 Å². The second-order valence-electron chi connectivity index (χ2n) is 7.36. The van der Waals surface area contributed by atoms with Crippen molar-refractivity contribution in [2.24, 2.45) is 10.7 Å². The highest BCUT2D eigenvalue weighted by atomic mass is 15.3. The molecule has 3 aromatic rings. The summed E-state index contributed by atoms with van der Waals surface area (Å²) >= 11 is 0. The first-order valence-electron chi connectivity index (χ1n) is 9.65. The number of fused-ring (bicyclic) bond motifs is 2. The maximum atomic E-state index is 6.90. The molecule has 1 aromatic heterocycles. The Hall–Kier alpha value is -2.79. The van der Waals surface area contributed by atoms with Gasteiger partial charge in [-0.2, -0.15) is 0 Å². The molecule has 0 saturated heterocycles. The zero-order chi connectivity index (χ0) is 18.9. The number of aliphatic imine (C=N–C) groups is 1. The Morgan fingerprint density at radius 3 is 2.74 bits per heavy atom. The average molecular weight is 361 g/mol. The van der Waals surface area contributed by atoms with Crippen LogP contribution in [0.3, 0.4) is 0 Å². The lowest BCUT2D eigenvalue weighted by molar-refractivity contribution is 0.372. The van der Waals surface area contributed by atoms with Crippen LogP contribution < -0.4 is 16.4 Å². The fraction of sp³-hybridized carbons (Fsp3) is 0.318. The number of nitrogens with one attached hydrogen (secondary N) is 3. The van der Waals surface area contributed by atoms with Gasteiger partial charge in [0.2, 0.25) is 0 Å². The number of nitrogens with zero attached hydrogens (tertiary/aromatic N) is 1. The summed E-state index contributed by atoms with van der Waals surface area (Å²) in [6, 6.07) is 16.8. The Kier molecular flexibility index (Phi) is 4.62. The summed E-state index contributed by atoms with van der Waals surface area (Å²) in [4.78, 5) is 8.10. The first-order chi connectivity index (χ1) is 13.1. The van der Waals surface area contributed by atoms with Crippen LogP contribution in [0.2, 0.25) is 0 Å². The van der Waals surface area contributed by atoms with Crippen molar-refractivity contribution in [2.75, 3.05) is 5.32 Å². The molecule has 5 N–H and O–H groups in total. The highest BCUT2D eigenvalue weighted by Gasteiger charge is 2.34. The number of aryl methyl sites for hydroxylation is 1. The van der Waals surface area contributed by atoms with Crippen molar-refractivity contribution in [1.82, 2.24) is 10.3 Å². The van der Waals surface area contributed by atoms with E-state index in [4.69, 9.17) is 10.7 Å². The van der Waals surface area contributed by atoms with Crippen LogP contribution in [0.4, 0.5) is 5.69 Å². The third-order valence-electron chi connectivity index (χ3n) is 5.41.